The van der Waals surface area contributed by atoms with E-state index in [9.17, 15) is 18.8 Å². The molecule has 0 radical (unpaired) electrons. The van der Waals surface area contributed by atoms with E-state index in [1.807, 2.05) is 6.92 Å². The van der Waals surface area contributed by atoms with Crippen LogP contribution in [0, 0.1) is 12.7 Å². The lowest BCUT2D eigenvalue weighted by atomic mass is 9.94. The molecule has 0 aliphatic carbocycles. The van der Waals surface area contributed by atoms with E-state index in [1.165, 1.54) is 18.2 Å². The Morgan fingerprint density at radius 3 is 2.69 bits per heavy atom. The molecule has 0 spiro atoms. The van der Waals surface area contributed by atoms with Crippen molar-refractivity contribution in [1.82, 2.24) is 14.7 Å². The lowest BCUT2D eigenvalue weighted by molar-refractivity contribution is -0.130. The molecule has 5 rings (SSSR count). The zero-order valence-corrected chi connectivity index (χ0v) is 21.9. The second-order valence-corrected chi connectivity index (χ2v) is 9.90. The number of aromatic nitrogens is 2. The Kier molecular flexibility index (Phi) is 7.34. The number of nitrogens with one attached hydrogen (secondary N) is 2. The highest BCUT2D eigenvalue weighted by Crippen LogP contribution is 2.33. The predicted molar refractivity (Wildman–Crippen MR) is 141 cm³/mol. The van der Waals surface area contributed by atoms with E-state index in [2.05, 4.69) is 15.7 Å². The van der Waals surface area contributed by atoms with Crippen molar-refractivity contribution < 1.29 is 28.2 Å². The number of benzene rings is 2. The second kappa shape index (κ2) is 10.9. The Morgan fingerprint density at radius 1 is 1.13 bits per heavy atom. The van der Waals surface area contributed by atoms with Crippen molar-refractivity contribution in [2.45, 2.75) is 44.4 Å². The molecule has 0 unspecified atom stereocenters. The topological polar surface area (TPSA) is 115 Å². The SMILES string of the molecule is Cc1nn(C)cc1NC(=O)C[C@@H]1CC[C@@H]2[C@@H](COc3ccc(NC(=O)c4cccc(F)c4)cc3C(=O)N2C)O1. The van der Waals surface area contributed by atoms with Gasteiger partial charge < -0.3 is 25.0 Å². The largest absolute Gasteiger partial charge is 0.490 e. The maximum absolute atomic E-state index is 13.5. The van der Waals surface area contributed by atoms with Gasteiger partial charge in [0.2, 0.25) is 5.91 Å². The van der Waals surface area contributed by atoms with Gasteiger partial charge in [0, 0.05) is 31.5 Å². The van der Waals surface area contributed by atoms with E-state index in [0.29, 0.717) is 35.5 Å². The number of ether oxygens (including phenoxy) is 2. The van der Waals surface area contributed by atoms with Gasteiger partial charge in [-0.15, -0.1) is 0 Å². The predicted octanol–water partition coefficient (Wildman–Crippen LogP) is 3.53. The second-order valence-electron chi connectivity index (χ2n) is 9.90. The summed E-state index contributed by atoms with van der Waals surface area (Å²) in [5.41, 5.74) is 2.27. The first-order valence-corrected chi connectivity index (χ1v) is 12.7. The molecule has 204 valence electrons. The highest BCUT2D eigenvalue weighted by molar-refractivity contribution is 6.05. The number of likely N-dealkylation sites (N-methyl/N-ethyl adjacent to an activating group) is 1. The molecule has 0 bridgehead atoms. The van der Waals surface area contributed by atoms with Crippen LogP contribution in [0.25, 0.3) is 0 Å². The Labute approximate surface area is 225 Å². The molecule has 3 aromatic rings. The molecule has 3 atom stereocenters. The molecular weight excluding hydrogens is 505 g/mol. The number of aryl methyl sites for hydroxylation is 2. The van der Waals surface area contributed by atoms with Crippen molar-refractivity contribution in [3.8, 4) is 5.75 Å². The first-order valence-electron chi connectivity index (χ1n) is 12.7. The number of carbonyl (C=O) groups is 3. The summed E-state index contributed by atoms with van der Waals surface area (Å²) in [7, 11) is 3.51. The number of hydrogen-bond acceptors (Lipinski definition) is 6. The minimum atomic E-state index is -0.512. The Morgan fingerprint density at radius 2 is 1.95 bits per heavy atom. The number of anilines is 2. The van der Waals surface area contributed by atoms with Crippen molar-refractivity contribution in [2.75, 3.05) is 24.3 Å². The Balaban J connectivity index is 1.25. The molecule has 2 aliphatic rings. The van der Waals surface area contributed by atoms with Gasteiger partial charge in [-0.25, -0.2) is 4.39 Å². The van der Waals surface area contributed by atoms with Gasteiger partial charge >= 0.3 is 0 Å². The van der Waals surface area contributed by atoms with Crippen LogP contribution < -0.4 is 15.4 Å². The zero-order chi connectivity index (χ0) is 27.7. The average molecular weight is 536 g/mol. The fourth-order valence-electron chi connectivity index (χ4n) is 5.07. The molecule has 3 heterocycles. The quantitative estimate of drug-likeness (QED) is 0.517. The molecule has 39 heavy (non-hydrogen) atoms. The summed E-state index contributed by atoms with van der Waals surface area (Å²) in [4.78, 5) is 40.3. The van der Waals surface area contributed by atoms with E-state index in [1.54, 1.807) is 48.1 Å². The molecule has 11 heteroatoms. The van der Waals surface area contributed by atoms with Crippen molar-refractivity contribution in [3.63, 3.8) is 0 Å². The van der Waals surface area contributed by atoms with Gasteiger partial charge in [0.1, 0.15) is 24.3 Å². The maximum Gasteiger partial charge on any atom is 0.257 e. The van der Waals surface area contributed by atoms with Crippen LogP contribution in [0.3, 0.4) is 0 Å². The summed E-state index contributed by atoms with van der Waals surface area (Å²) >= 11 is 0. The number of rotatable bonds is 5. The first-order chi connectivity index (χ1) is 18.7. The fraction of sp³-hybridized carbons (Fsp3) is 0.357. The van der Waals surface area contributed by atoms with E-state index in [0.717, 1.165) is 11.8 Å². The highest BCUT2D eigenvalue weighted by Gasteiger charge is 2.39. The van der Waals surface area contributed by atoms with Gasteiger partial charge in [0.25, 0.3) is 11.8 Å². The Bertz CT molecular complexity index is 1420. The normalized spacial score (nSPS) is 20.7. The van der Waals surface area contributed by atoms with Crippen molar-refractivity contribution >= 4 is 29.1 Å². The highest BCUT2D eigenvalue weighted by atomic mass is 19.1. The van der Waals surface area contributed by atoms with E-state index in [4.69, 9.17) is 9.47 Å². The van der Waals surface area contributed by atoms with Gasteiger partial charge in [-0.1, -0.05) is 6.07 Å². The fourth-order valence-corrected chi connectivity index (χ4v) is 5.07. The third-order valence-corrected chi connectivity index (χ3v) is 7.06. The third kappa shape index (κ3) is 5.78. The summed E-state index contributed by atoms with van der Waals surface area (Å²) in [6, 6.07) is 9.93. The molecule has 3 amide bonds. The van der Waals surface area contributed by atoms with Crippen LogP contribution >= 0.6 is 0 Å². The van der Waals surface area contributed by atoms with Crippen LogP contribution in [0.4, 0.5) is 15.8 Å². The number of fused-ring (bicyclic) bond motifs is 2. The first kappa shape index (κ1) is 26.4. The molecule has 10 nitrogen and oxygen atoms in total. The molecule has 1 saturated heterocycles. The molecule has 1 aromatic heterocycles. The number of amides is 3. The molecule has 2 N–H and O–H groups in total. The standard InChI is InChI=1S/C28H30FN5O5/c1-16-22(14-33(2)32-16)31-26(35)13-20-8-9-23-25(39-20)15-38-24-10-7-19(12-21(24)28(37)34(23)3)30-27(36)17-5-4-6-18(29)11-17/h4-7,10-12,14,20,23,25H,8-9,13,15H2,1-3H3,(H,30,36)(H,31,35)/t20-,23+,25+/m0/s1. The molecule has 2 aliphatic heterocycles. The maximum atomic E-state index is 13.5. The number of nitrogens with zero attached hydrogens (tertiary/aromatic N) is 3. The minimum absolute atomic E-state index is 0.163. The Hall–Kier alpha value is -4.25. The van der Waals surface area contributed by atoms with E-state index >= 15 is 0 Å². The van der Waals surface area contributed by atoms with Gasteiger partial charge in [0.05, 0.1) is 35.5 Å². The van der Waals surface area contributed by atoms with Gasteiger partial charge in [-0.05, 0) is 56.2 Å². The van der Waals surface area contributed by atoms with Crippen molar-refractivity contribution in [1.29, 1.82) is 0 Å². The zero-order valence-electron chi connectivity index (χ0n) is 21.9. The van der Waals surface area contributed by atoms with Crippen LogP contribution in [0.5, 0.6) is 5.75 Å². The number of carbonyl (C=O) groups excluding carboxylic acids is 3. The monoisotopic (exact) mass is 535 g/mol. The average Bonchev–Trinajstić information content (AvgIpc) is 3.22. The van der Waals surface area contributed by atoms with Crippen LogP contribution in [0.15, 0.2) is 48.7 Å². The summed E-state index contributed by atoms with van der Waals surface area (Å²) in [6.07, 6.45) is 2.46. The van der Waals surface area contributed by atoms with Crippen LogP contribution in [-0.4, -0.2) is 64.3 Å². The van der Waals surface area contributed by atoms with Gasteiger partial charge in [0.15, 0.2) is 0 Å². The van der Waals surface area contributed by atoms with Gasteiger partial charge in [-0.3, -0.25) is 19.1 Å². The van der Waals surface area contributed by atoms with E-state index < -0.39 is 17.8 Å². The lowest BCUT2D eigenvalue weighted by Gasteiger charge is -2.42. The van der Waals surface area contributed by atoms with Crippen LogP contribution in [-0.2, 0) is 16.6 Å². The van der Waals surface area contributed by atoms with Crippen molar-refractivity contribution in [3.05, 3.63) is 71.3 Å². The molecular formula is C28H30FN5O5. The number of halogens is 1. The molecule has 2 aromatic carbocycles. The van der Waals surface area contributed by atoms with Crippen LogP contribution in [0.1, 0.15) is 45.7 Å². The summed E-state index contributed by atoms with van der Waals surface area (Å²) in [5, 5.41) is 9.83. The number of hydrogen-bond donors (Lipinski definition) is 2. The molecule has 1 fully saturated rings. The summed E-state index contributed by atoms with van der Waals surface area (Å²) < 4.78 is 27.4. The van der Waals surface area contributed by atoms with Gasteiger partial charge in [-0.2, -0.15) is 5.10 Å². The third-order valence-electron chi connectivity index (χ3n) is 7.06. The smallest absolute Gasteiger partial charge is 0.257 e. The molecule has 0 saturated carbocycles. The van der Waals surface area contributed by atoms with Crippen molar-refractivity contribution in [2.24, 2.45) is 7.05 Å². The summed E-state index contributed by atoms with van der Waals surface area (Å²) in [6.45, 7) is 2.03. The summed E-state index contributed by atoms with van der Waals surface area (Å²) in [5.74, 6) is -1.07. The van der Waals surface area contributed by atoms with Crippen LogP contribution in [0.2, 0.25) is 0 Å². The lowest BCUT2D eigenvalue weighted by Crippen LogP contribution is -2.53. The van der Waals surface area contributed by atoms with E-state index in [-0.39, 0.29) is 42.6 Å². The minimum Gasteiger partial charge on any atom is -0.490 e.